The highest BCUT2D eigenvalue weighted by atomic mass is 32.1. The lowest BCUT2D eigenvalue weighted by molar-refractivity contribution is -0.0668. The maximum atomic E-state index is 6.09. The molecule has 3 aromatic rings. The van der Waals surface area contributed by atoms with Crippen molar-refractivity contribution in [3.63, 3.8) is 0 Å². The molecule has 0 radical (unpaired) electrons. The highest BCUT2D eigenvalue weighted by Gasteiger charge is 2.34. The van der Waals surface area contributed by atoms with Gasteiger partial charge in [-0.3, -0.25) is 4.90 Å². The summed E-state index contributed by atoms with van der Waals surface area (Å²) in [6.07, 6.45) is 2.61. The van der Waals surface area contributed by atoms with Gasteiger partial charge in [0.25, 0.3) is 0 Å². The Bertz CT molecular complexity index is 727. The first-order valence-electron chi connectivity index (χ1n) is 9.38. The van der Waals surface area contributed by atoms with Crippen LogP contribution in [0.1, 0.15) is 28.5 Å². The van der Waals surface area contributed by atoms with Crippen molar-refractivity contribution in [3.05, 3.63) is 94.2 Å². The third-order valence-electron chi connectivity index (χ3n) is 4.97. The topological polar surface area (TPSA) is 12.5 Å². The summed E-state index contributed by atoms with van der Waals surface area (Å²) in [5.74, 6) is 0. The molecule has 0 aliphatic carbocycles. The van der Waals surface area contributed by atoms with Crippen LogP contribution in [0.5, 0.6) is 0 Å². The Kier molecular flexibility index (Phi) is 5.80. The summed E-state index contributed by atoms with van der Waals surface area (Å²) in [6.45, 7) is 2.87. The van der Waals surface area contributed by atoms with E-state index in [2.05, 4.69) is 83.1 Å². The Morgan fingerprint density at radius 3 is 2.12 bits per heavy atom. The van der Waals surface area contributed by atoms with Gasteiger partial charge >= 0.3 is 0 Å². The largest absolute Gasteiger partial charge is 0.376 e. The predicted molar refractivity (Wildman–Crippen MR) is 109 cm³/mol. The average molecular weight is 364 g/mol. The van der Waals surface area contributed by atoms with Crippen molar-refractivity contribution < 1.29 is 4.74 Å². The number of rotatable bonds is 8. The van der Waals surface area contributed by atoms with E-state index in [0.717, 1.165) is 32.5 Å². The summed E-state index contributed by atoms with van der Waals surface area (Å²) in [5, 5.41) is 2.15. The van der Waals surface area contributed by atoms with Crippen LogP contribution in [0.2, 0.25) is 0 Å². The van der Waals surface area contributed by atoms with Gasteiger partial charge in [0.2, 0.25) is 0 Å². The van der Waals surface area contributed by atoms with Gasteiger partial charge < -0.3 is 4.74 Å². The Hall–Kier alpha value is -1.94. The Morgan fingerprint density at radius 1 is 0.885 bits per heavy atom. The number of likely N-dealkylation sites (tertiary alicyclic amines) is 1. The van der Waals surface area contributed by atoms with Gasteiger partial charge in [0, 0.05) is 24.6 Å². The van der Waals surface area contributed by atoms with Crippen molar-refractivity contribution in [1.29, 1.82) is 0 Å². The second-order valence-electron chi connectivity index (χ2n) is 6.85. The quantitative estimate of drug-likeness (QED) is 0.512. The summed E-state index contributed by atoms with van der Waals surface area (Å²) >= 11 is 1.84. The summed E-state index contributed by atoms with van der Waals surface area (Å²) in [4.78, 5) is 3.98. The van der Waals surface area contributed by atoms with Crippen LogP contribution < -0.4 is 0 Å². The van der Waals surface area contributed by atoms with E-state index in [4.69, 9.17) is 4.74 Å². The van der Waals surface area contributed by atoms with Gasteiger partial charge in [0.15, 0.2) is 0 Å². The van der Waals surface area contributed by atoms with Gasteiger partial charge in [-0.25, -0.2) is 0 Å². The SMILES string of the molecule is c1ccc(C(c2ccccc2)N2CC(OCCCc3cccs3)C2)cc1. The van der Waals surface area contributed by atoms with Crippen LogP contribution in [-0.4, -0.2) is 30.7 Å². The van der Waals surface area contributed by atoms with Crippen LogP contribution in [-0.2, 0) is 11.2 Å². The summed E-state index contributed by atoms with van der Waals surface area (Å²) in [5.41, 5.74) is 2.71. The molecule has 134 valence electrons. The summed E-state index contributed by atoms with van der Waals surface area (Å²) in [6, 6.07) is 26.3. The van der Waals surface area contributed by atoms with Gasteiger partial charge in [0.05, 0.1) is 12.1 Å². The van der Waals surface area contributed by atoms with Crippen LogP contribution in [0.4, 0.5) is 0 Å². The second kappa shape index (κ2) is 8.63. The van der Waals surface area contributed by atoms with Crippen molar-refractivity contribution in [2.24, 2.45) is 0 Å². The van der Waals surface area contributed by atoms with Crippen molar-refractivity contribution in [2.75, 3.05) is 19.7 Å². The maximum absolute atomic E-state index is 6.09. The Labute approximate surface area is 160 Å². The molecule has 0 unspecified atom stereocenters. The van der Waals surface area contributed by atoms with Crippen LogP contribution >= 0.6 is 11.3 Å². The zero-order valence-electron chi connectivity index (χ0n) is 15.0. The molecule has 3 heteroatoms. The first-order chi connectivity index (χ1) is 12.9. The first-order valence-corrected chi connectivity index (χ1v) is 10.3. The van der Waals surface area contributed by atoms with E-state index in [1.165, 1.54) is 16.0 Å². The highest BCUT2D eigenvalue weighted by Crippen LogP contribution is 2.32. The monoisotopic (exact) mass is 363 g/mol. The van der Waals surface area contributed by atoms with E-state index in [1.807, 2.05) is 11.3 Å². The fraction of sp³-hybridized carbons (Fsp3) is 0.304. The smallest absolute Gasteiger partial charge is 0.0829 e. The molecule has 1 aromatic heterocycles. The molecule has 1 saturated heterocycles. The molecule has 1 aliphatic rings. The fourth-order valence-corrected chi connectivity index (χ4v) is 4.37. The minimum absolute atomic E-state index is 0.323. The van der Waals surface area contributed by atoms with Crippen LogP contribution in [0, 0.1) is 0 Å². The van der Waals surface area contributed by atoms with E-state index in [1.54, 1.807) is 0 Å². The van der Waals surface area contributed by atoms with E-state index in [9.17, 15) is 0 Å². The highest BCUT2D eigenvalue weighted by molar-refractivity contribution is 7.09. The third-order valence-corrected chi connectivity index (χ3v) is 5.91. The van der Waals surface area contributed by atoms with Gasteiger partial charge in [-0.05, 0) is 35.4 Å². The molecule has 2 nitrogen and oxygen atoms in total. The minimum Gasteiger partial charge on any atom is -0.376 e. The first kappa shape index (κ1) is 17.5. The molecular formula is C23H25NOS. The molecule has 0 atom stereocenters. The van der Waals surface area contributed by atoms with Gasteiger partial charge in [-0.1, -0.05) is 66.7 Å². The summed E-state index contributed by atoms with van der Waals surface area (Å²) < 4.78 is 6.09. The number of aryl methyl sites for hydroxylation is 1. The number of thiophene rings is 1. The minimum atomic E-state index is 0.323. The number of hydrogen-bond acceptors (Lipinski definition) is 3. The van der Waals surface area contributed by atoms with Crippen molar-refractivity contribution >= 4 is 11.3 Å². The third kappa shape index (κ3) is 4.24. The van der Waals surface area contributed by atoms with Gasteiger partial charge in [0.1, 0.15) is 0 Å². The molecule has 2 heterocycles. The Balaban J connectivity index is 1.31. The molecule has 0 amide bonds. The normalized spacial score (nSPS) is 15.3. The number of nitrogens with zero attached hydrogens (tertiary/aromatic N) is 1. The number of hydrogen-bond donors (Lipinski definition) is 0. The molecule has 0 bridgehead atoms. The maximum Gasteiger partial charge on any atom is 0.0829 e. The lowest BCUT2D eigenvalue weighted by Gasteiger charge is -2.44. The molecule has 1 aliphatic heterocycles. The molecule has 0 spiro atoms. The molecule has 26 heavy (non-hydrogen) atoms. The molecule has 2 aromatic carbocycles. The van der Waals surface area contributed by atoms with Gasteiger partial charge in [-0.2, -0.15) is 0 Å². The van der Waals surface area contributed by atoms with Crippen molar-refractivity contribution in [3.8, 4) is 0 Å². The predicted octanol–water partition coefficient (Wildman–Crippen LogP) is 5.17. The second-order valence-corrected chi connectivity index (χ2v) is 7.89. The number of ether oxygens (including phenoxy) is 1. The van der Waals surface area contributed by atoms with E-state index in [0.29, 0.717) is 12.1 Å². The molecule has 1 fully saturated rings. The van der Waals surface area contributed by atoms with Crippen LogP contribution in [0.3, 0.4) is 0 Å². The lowest BCUT2D eigenvalue weighted by atomic mass is 9.94. The lowest BCUT2D eigenvalue weighted by Crippen LogP contribution is -2.53. The molecule has 4 rings (SSSR count). The zero-order chi connectivity index (χ0) is 17.6. The fourth-order valence-electron chi connectivity index (χ4n) is 3.62. The average Bonchev–Trinajstić information content (AvgIpc) is 3.18. The summed E-state index contributed by atoms with van der Waals surface area (Å²) in [7, 11) is 0. The van der Waals surface area contributed by atoms with Gasteiger partial charge in [-0.15, -0.1) is 11.3 Å². The zero-order valence-corrected chi connectivity index (χ0v) is 15.8. The molecular weight excluding hydrogens is 338 g/mol. The number of benzene rings is 2. The molecule has 0 saturated carbocycles. The van der Waals surface area contributed by atoms with Crippen molar-refractivity contribution in [2.45, 2.75) is 25.0 Å². The Morgan fingerprint density at radius 2 is 1.54 bits per heavy atom. The van der Waals surface area contributed by atoms with E-state index >= 15 is 0 Å². The standard InChI is InChI=1S/C23H25NOS/c1-3-9-19(10-4-1)23(20-11-5-2-6-12-20)24-17-21(18-24)25-15-7-13-22-14-8-16-26-22/h1-6,8-12,14,16,21,23H,7,13,15,17-18H2. The molecule has 0 N–H and O–H groups in total. The van der Waals surface area contributed by atoms with Crippen LogP contribution in [0.25, 0.3) is 0 Å². The van der Waals surface area contributed by atoms with E-state index in [-0.39, 0.29) is 0 Å². The van der Waals surface area contributed by atoms with Crippen LogP contribution in [0.15, 0.2) is 78.2 Å². The van der Waals surface area contributed by atoms with Crippen molar-refractivity contribution in [1.82, 2.24) is 4.90 Å². The van der Waals surface area contributed by atoms with E-state index < -0.39 is 0 Å².